The summed E-state index contributed by atoms with van der Waals surface area (Å²) < 4.78 is 0. The van der Waals surface area contributed by atoms with E-state index in [4.69, 9.17) is 0 Å². The van der Waals surface area contributed by atoms with Crippen LogP contribution >= 0.6 is 11.3 Å². The summed E-state index contributed by atoms with van der Waals surface area (Å²) in [6.45, 7) is 2.40. The van der Waals surface area contributed by atoms with Crippen LogP contribution in [0, 0.1) is 0 Å². The maximum absolute atomic E-state index is 12.0. The van der Waals surface area contributed by atoms with Crippen LogP contribution in [0.2, 0.25) is 0 Å². The smallest absolute Gasteiger partial charge is 0.236 e. The first-order valence-electron chi connectivity index (χ1n) is 6.15. The Bertz CT molecular complexity index is 407. The van der Waals surface area contributed by atoms with Crippen LogP contribution in [0.25, 0.3) is 0 Å². The van der Waals surface area contributed by atoms with E-state index >= 15 is 0 Å². The van der Waals surface area contributed by atoms with Gasteiger partial charge in [0.1, 0.15) is 5.78 Å². The third-order valence-corrected chi connectivity index (χ3v) is 3.95. The van der Waals surface area contributed by atoms with E-state index in [-0.39, 0.29) is 11.7 Å². The maximum atomic E-state index is 12.0. The van der Waals surface area contributed by atoms with Gasteiger partial charge in [-0.2, -0.15) is 0 Å². The minimum Gasteiger partial charge on any atom is -0.341 e. The van der Waals surface area contributed by atoms with Crippen LogP contribution in [-0.4, -0.2) is 48.2 Å². The van der Waals surface area contributed by atoms with E-state index in [0.29, 0.717) is 32.5 Å². The van der Waals surface area contributed by atoms with E-state index in [1.807, 2.05) is 23.4 Å². The van der Waals surface area contributed by atoms with E-state index in [1.54, 1.807) is 16.2 Å². The minimum absolute atomic E-state index is 0.126. The second-order valence-corrected chi connectivity index (χ2v) is 5.70. The second-order valence-electron chi connectivity index (χ2n) is 4.67. The summed E-state index contributed by atoms with van der Waals surface area (Å²) in [5, 5.41) is 2.04. The van der Waals surface area contributed by atoms with Gasteiger partial charge in [0.25, 0.3) is 0 Å². The summed E-state index contributed by atoms with van der Waals surface area (Å²) in [6.07, 6.45) is 1.03. The van der Waals surface area contributed by atoms with Gasteiger partial charge in [-0.15, -0.1) is 11.3 Å². The summed E-state index contributed by atoms with van der Waals surface area (Å²) in [5.41, 5.74) is 0. The van der Waals surface area contributed by atoms with Crippen molar-refractivity contribution in [3.05, 3.63) is 22.4 Å². The van der Waals surface area contributed by atoms with E-state index < -0.39 is 0 Å². The Kier molecular flexibility index (Phi) is 4.49. The lowest BCUT2D eigenvalue weighted by Gasteiger charge is -2.28. The van der Waals surface area contributed by atoms with Crippen molar-refractivity contribution >= 4 is 23.0 Å². The number of amides is 1. The Hall–Kier alpha value is -1.20. The van der Waals surface area contributed by atoms with Crippen molar-refractivity contribution in [1.29, 1.82) is 0 Å². The first-order chi connectivity index (χ1) is 8.65. The third kappa shape index (κ3) is 3.65. The summed E-state index contributed by atoms with van der Waals surface area (Å²) >= 11 is 1.70. The number of carbonyl (C=O) groups excluding carboxylic acids is 2. The van der Waals surface area contributed by atoms with Crippen LogP contribution < -0.4 is 0 Å². The molecule has 0 saturated carbocycles. The highest BCUT2D eigenvalue weighted by Crippen LogP contribution is 2.11. The molecule has 4 nitrogen and oxygen atoms in total. The van der Waals surface area contributed by atoms with Crippen LogP contribution in [-0.2, 0) is 16.1 Å². The largest absolute Gasteiger partial charge is 0.341 e. The average Bonchev–Trinajstić information content (AvgIpc) is 2.82. The van der Waals surface area contributed by atoms with Crippen molar-refractivity contribution in [2.24, 2.45) is 0 Å². The molecule has 1 aromatic heterocycles. The zero-order valence-electron chi connectivity index (χ0n) is 10.6. The number of thiophene rings is 1. The molecule has 0 atom stereocenters. The molecule has 1 saturated heterocycles. The van der Waals surface area contributed by atoms with Crippen LogP contribution in [0.3, 0.4) is 0 Å². The quantitative estimate of drug-likeness (QED) is 0.826. The van der Waals surface area contributed by atoms with Gasteiger partial charge in [0.2, 0.25) is 5.91 Å². The first kappa shape index (κ1) is 13.2. The fourth-order valence-electron chi connectivity index (χ4n) is 2.06. The molecule has 5 heteroatoms. The van der Waals surface area contributed by atoms with Gasteiger partial charge >= 0.3 is 0 Å². The maximum Gasteiger partial charge on any atom is 0.236 e. The molecule has 1 aliphatic rings. The van der Waals surface area contributed by atoms with Gasteiger partial charge in [-0.25, -0.2) is 0 Å². The monoisotopic (exact) mass is 266 g/mol. The Morgan fingerprint density at radius 3 is 2.78 bits per heavy atom. The van der Waals surface area contributed by atoms with E-state index in [2.05, 4.69) is 6.07 Å². The molecule has 0 aliphatic carbocycles. The highest BCUT2D eigenvalue weighted by Gasteiger charge is 2.21. The van der Waals surface area contributed by atoms with Crippen LogP contribution in [0.1, 0.15) is 17.7 Å². The van der Waals surface area contributed by atoms with Crippen LogP contribution in [0.15, 0.2) is 17.5 Å². The second kappa shape index (κ2) is 6.11. The molecule has 0 spiro atoms. The Morgan fingerprint density at radius 2 is 2.17 bits per heavy atom. The zero-order valence-corrected chi connectivity index (χ0v) is 11.4. The number of likely N-dealkylation sites (tertiary alicyclic amines) is 1. The molecule has 1 aliphatic heterocycles. The summed E-state index contributed by atoms with van der Waals surface area (Å²) in [4.78, 5) is 28.2. The number of ketones is 1. The van der Waals surface area contributed by atoms with Crippen LogP contribution in [0.4, 0.5) is 0 Å². The molecule has 0 bridgehead atoms. The molecule has 0 radical (unpaired) electrons. The summed E-state index contributed by atoms with van der Waals surface area (Å²) in [7, 11) is 1.95. The molecule has 2 rings (SSSR count). The van der Waals surface area contributed by atoms with Crippen molar-refractivity contribution < 1.29 is 9.59 Å². The predicted octanol–water partition coefficient (Wildman–Crippen LogP) is 1.37. The lowest BCUT2D eigenvalue weighted by atomic mass is 10.1. The number of Topliss-reactive ketones (excluding diaryl/α,β-unsaturated/α-hetero) is 1. The van der Waals surface area contributed by atoms with Gasteiger partial charge in [0.15, 0.2) is 0 Å². The molecular formula is C13H18N2O2S. The lowest BCUT2D eigenvalue weighted by Crippen LogP contribution is -2.43. The molecule has 18 heavy (non-hydrogen) atoms. The third-order valence-electron chi connectivity index (χ3n) is 3.08. The van der Waals surface area contributed by atoms with Crippen molar-refractivity contribution in [3.63, 3.8) is 0 Å². The molecule has 0 N–H and O–H groups in total. The van der Waals surface area contributed by atoms with Crippen molar-refractivity contribution in [2.75, 3.05) is 26.7 Å². The molecule has 2 heterocycles. The summed E-state index contributed by atoms with van der Waals surface area (Å²) in [6, 6.07) is 4.09. The Labute approximate surface area is 111 Å². The Balaban J connectivity index is 1.78. The predicted molar refractivity (Wildman–Crippen MR) is 71.5 cm³/mol. The molecule has 1 amide bonds. The highest BCUT2D eigenvalue weighted by molar-refractivity contribution is 7.09. The number of carbonyl (C=O) groups is 2. The van der Waals surface area contributed by atoms with E-state index in [0.717, 1.165) is 6.54 Å². The number of nitrogens with zero attached hydrogens (tertiary/aromatic N) is 2. The Morgan fingerprint density at radius 1 is 1.44 bits per heavy atom. The van der Waals surface area contributed by atoms with Crippen molar-refractivity contribution in [3.8, 4) is 0 Å². The SMILES string of the molecule is CN(CC(=O)N1CCC(=O)CC1)Cc1cccs1. The number of hydrogen-bond donors (Lipinski definition) is 0. The minimum atomic E-state index is 0.126. The van der Waals surface area contributed by atoms with E-state index in [9.17, 15) is 9.59 Å². The number of piperidine rings is 1. The molecule has 98 valence electrons. The highest BCUT2D eigenvalue weighted by atomic mass is 32.1. The van der Waals surface area contributed by atoms with Gasteiger partial charge in [0.05, 0.1) is 6.54 Å². The van der Waals surface area contributed by atoms with Crippen LogP contribution in [0.5, 0.6) is 0 Å². The first-order valence-corrected chi connectivity index (χ1v) is 7.03. The zero-order chi connectivity index (χ0) is 13.0. The fourth-order valence-corrected chi connectivity index (χ4v) is 2.84. The molecule has 0 aromatic carbocycles. The van der Waals surface area contributed by atoms with E-state index in [1.165, 1.54) is 4.88 Å². The van der Waals surface area contributed by atoms with Crippen molar-refractivity contribution in [2.45, 2.75) is 19.4 Å². The number of hydrogen-bond acceptors (Lipinski definition) is 4. The van der Waals surface area contributed by atoms with Crippen molar-refractivity contribution in [1.82, 2.24) is 9.80 Å². The standard InChI is InChI=1S/C13H18N2O2S/c1-14(9-12-3-2-8-18-12)10-13(17)15-6-4-11(16)5-7-15/h2-3,8H,4-7,9-10H2,1H3. The number of rotatable bonds is 4. The lowest BCUT2D eigenvalue weighted by molar-refractivity contribution is -0.135. The van der Waals surface area contributed by atoms with Gasteiger partial charge in [-0.1, -0.05) is 6.07 Å². The molecule has 0 unspecified atom stereocenters. The average molecular weight is 266 g/mol. The molecule has 1 aromatic rings. The molecular weight excluding hydrogens is 248 g/mol. The van der Waals surface area contributed by atoms with Gasteiger partial charge in [0, 0.05) is 37.4 Å². The van der Waals surface area contributed by atoms with Gasteiger partial charge < -0.3 is 4.90 Å². The summed E-state index contributed by atoms with van der Waals surface area (Å²) in [5.74, 6) is 0.396. The number of likely N-dealkylation sites (N-methyl/N-ethyl adjacent to an activating group) is 1. The fraction of sp³-hybridized carbons (Fsp3) is 0.538. The van der Waals surface area contributed by atoms with Gasteiger partial charge in [-0.05, 0) is 18.5 Å². The topological polar surface area (TPSA) is 40.6 Å². The normalized spacial score (nSPS) is 16.3. The molecule has 1 fully saturated rings. The van der Waals surface area contributed by atoms with Gasteiger partial charge in [-0.3, -0.25) is 14.5 Å².